The summed E-state index contributed by atoms with van der Waals surface area (Å²) in [5.74, 6) is -1.24. The number of hydrogen-bond acceptors (Lipinski definition) is 4. The zero-order valence-corrected chi connectivity index (χ0v) is 9.10. The summed E-state index contributed by atoms with van der Waals surface area (Å²) < 4.78 is 0. The van der Waals surface area contributed by atoms with Gasteiger partial charge in [-0.3, -0.25) is 14.4 Å². The first kappa shape index (κ1) is 12.9. The van der Waals surface area contributed by atoms with Gasteiger partial charge in [-0.2, -0.15) is 0 Å². The normalized spacial score (nSPS) is 9.88. The lowest BCUT2D eigenvalue weighted by molar-refractivity contribution is -0.137. The third-order valence-corrected chi connectivity index (χ3v) is 2.01. The lowest BCUT2D eigenvalue weighted by atomic mass is 10.2. The highest BCUT2D eigenvalue weighted by atomic mass is 16.4. The van der Waals surface area contributed by atoms with Gasteiger partial charge in [0.25, 0.3) is 11.5 Å². The van der Waals surface area contributed by atoms with Crippen LogP contribution in [0.5, 0.6) is 0 Å². The van der Waals surface area contributed by atoms with Crippen LogP contribution < -0.4 is 10.9 Å². The number of unbranched alkanes of at least 4 members (excludes halogenated alkanes) is 1. The molecule has 0 aliphatic carbocycles. The fourth-order valence-electron chi connectivity index (χ4n) is 1.16. The molecule has 0 unspecified atom stereocenters. The molecule has 0 spiro atoms. The molecule has 92 valence electrons. The zero-order chi connectivity index (χ0) is 12.7. The van der Waals surface area contributed by atoms with E-state index >= 15 is 0 Å². The predicted molar refractivity (Wildman–Crippen MR) is 58.7 cm³/mol. The molecule has 0 saturated carbocycles. The minimum Gasteiger partial charge on any atom is -0.481 e. The second-order valence-electron chi connectivity index (χ2n) is 3.40. The fourth-order valence-corrected chi connectivity index (χ4v) is 1.16. The first-order valence-electron chi connectivity index (χ1n) is 5.14. The van der Waals surface area contributed by atoms with Gasteiger partial charge in [-0.05, 0) is 12.8 Å². The SMILES string of the molecule is O=C(O)CCCCNC(=O)c1c[nH]c(=O)cn1. The van der Waals surface area contributed by atoms with Gasteiger partial charge in [-0.1, -0.05) is 0 Å². The highest BCUT2D eigenvalue weighted by Crippen LogP contribution is 1.94. The van der Waals surface area contributed by atoms with E-state index in [4.69, 9.17) is 5.11 Å². The number of aliphatic carboxylic acids is 1. The van der Waals surface area contributed by atoms with Crippen molar-refractivity contribution in [3.63, 3.8) is 0 Å². The summed E-state index contributed by atoms with van der Waals surface area (Å²) in [5.41, 5.74) is -0.245. The first-order chi connectivity index (χ1) is 8.09. The Hall–Kier alpha value is -2.18. The second kappa shape index (κ2) is 6.41. The van der Waals surface area contributed by atoms with Crippen molar-refractivity contribution >= 4 is 11.9 Å². The number of nitrogens with one attached hydrogen (secondary N) is 2. The van der Waals surface area contributed by atoms with E-state index in [1.807, 2.05) is 0 Å². The van der Waals surface area contributed by atoms with Crippen molar-refractivity contribution < 1.29 is 14.7 Å². The molecular formula is C10H13N3O4. The number of hydrogen-bond donors (Lipinski definition) is 3. The van der Waals surface area contributed by atoms with Crippen molar-refractivity contribution in [2.45, 2.75) is 19.3 Å². The lowest BCUT2D eigenvalue weighted by Gasteiger charge is -2.03. The molecule has 0 saturated heterocycles. The molecule has 0 radical (unpaired) electrons. The number of carbonyl (C=O) groups is 2. The number of carbonyl (C=O) groups excluding carboxylic acids is 1. The molecule has 7 heteroatoms. The third-order valence-electron chi connectivity index (χ3n) is 2.01. The minimum atomic E-state index is -0.848. The zero-order valence-electron chi connectivity index (χ0n) is 9.10. The van der Waals surface area contributed by atoms with Crippen LogP contribution in [0.4, 0.5) is 0 Å². The van der Waals surface area contributed by atoms with Gasteiger partial charge in [0.2, 0.25) is 0 Å². The number of aromatic amines is 1. The van der Waals surface area contributed by atoms with E-state index in [0.29, 0.717) is 19.4 Å². The van der Waals surface area contributed by atoms with Gasteiger partial charge in [-0.25, -0.2) is 4.98 Å². The van der Waals surface area contributed by atoms with Gasteiger partial charge >= 0.3 is 5.97 Å². The third kappa shape index (κ3) is 4.92. The molecule has 0 fully saturated rings. The largest absolute Gasteiger partial charge is 0.481 e. The summed E-state index contributed by atoms with van der Waals surface area (Å²) in [6.07, 6.45) is 3.44. The van der Waals surface area contributed by atoms with Crippen molar-refractivity contribution in [3.05, 3.63) is 28.4 Å². The summed E-state index contributed by atoms with van der Waals surface area (Å²) in [6.45, 7) is 0.382. The number of nitrogens with zero attached hydrogens (tertiary/aromatic N) is 1. The molecule has 1 rings (SSSR count). The molecule has 1 aromatic heterocycles. The predicted octanol–water partition coefficient (Wildman–Crippen LogP) is -0.245. The van der Waals surface area contributed by atoms with E-state index in [1.165, 1.54) is 6.20 Å². The van der Waals surface area contributed by atoms with Gasteiger partial charge in [0.05, 0.1) is 6.20 Å². The molecule has 1 amide bonds. The van der Waals surface area contributed by atoms with E-state index in [-0.39, 0.29) is 17.7 Å². The Morgan fingerprint density at radius 3 is 2.76 bits per heavy atom. The van der Waals surface area contributed by atoms with Crippen LogP contribution in [0.3, 0.4) is 0 Å². The topological polar surface area (TPSA) is 112 Å². The number of rotatable bonds is 6. The molecule has 0 atom stereocenters. The van der Waals surface area contributed by atoms with Gasteiger partial charge in [0, 0.05) is 19.2 Å². The van der Waals surface area contributed by atoms with Gasteiger partial charge < -0.3 is 15.4 Å². The Morgan fingerprint density at radius 2 is 2.18 bits per heavy atom. The smallest absolute Gasteiger partial charge is 0.303 e. The monoisotopic (exact) mass is 239 g/mol. The molecule has 7 nitrogen and oxygen atoms in total. The summed E-state index contributed by atoms with van der Waals surface area (Å²) in [7, 11) is 0. The summed E-state index contributed by atoms with van der Waals surface area (Å²) in [5, 5.41) is 11.0. The van der Waals surface area contributed by atoms with E-state index in [1.54, 1.807) is 0 Å². The molecule has 0 bridgehead atoms. The van der Waals surface area contributed by atoms with Crippen molar-refractivity contribution in [1.82, 2.24) is 15.3 Å². The van der Waals surface area contributed by atoms with Crippen molar-refractivity contribution in [3.8, 4) is 0 Å². The molecule has 0 aliphatic rings. The molecule has 1 aromatic rings. The molecule has 1 heterocycles. The lowest BCUT2D eigenvalue weighted by Crippen LogP contribution is -2.26. The number of carboxylic acids is 1. The van der Waals surface area contributed by atoms with Crippen LogP contribution in [-0.4, -0.2) is 33.5 Å². The van der Waals surface area contributed by atoms with Crippen molar-refractivity contribution in [1.29, 1.82) is 0 Å². The van der Waals surface area contributed by atoms with Crippen LogP contribution >= 0.6 is 0 Å². The Kier molecular flexibility index (Phi) is 4.86. The van der Waals surface area contributed by atoms with E-state index in [2.05, 4.69) is 15.3 Å². The number of carboxylic acid groups (broad SMARTS) is 1. The van der Waals surface area contributed by atoms with Crippen LogP contribution in [0.1, 0.15) is 29.8 Å². The fraction of sp³-hybridized carbons (Fsp3) is 0.400. The van der Waals surface area contributed by atoms with Crippen LogP contribution in [0.15, 0.2) is 17.2 Å². The highest BCUT2D eigenvalue weighted by molar-refractivity contribution is 5.91. The number of aromatic nitrogens is 2. The molecule has 0 aliphatic heterocycles. The summed E-state index contributed by atoms with van der Waals surface area (Å²) in [4.78, 5) is 38.4. The first-order valence-corrected chi connectivity index (χ1v) is 5.14. The maximum atomic E-state index is 11.4. The average molecular weight is 239 g/mol. The van der Waals surface area contributed by atoms with E-state index in [9.17, 15) is 14.4 Å². The Morgan fingerprint density at radius 1 is 1.41 bits per heavy atom. The molecular weight excluding hydrogens is 226 g/mol. The maximum absolute atomic E-state index is 11.4. The van der Waals surface area contributed by atoms with Crippen LogP contribution in [0.2, 0.25) is 0 Å². The standard InChI is InChI=1S/C10H13N3O4/c14-8-6-12-7(5-13-8)10(17)11-4-2-1-3-9(15)16/h5-6H,1-4H2,(H,11,17)(H,13,14)(H,15,16). The minimum absolute atomic E-state index is 0.0901. The molecule has 17 heavy (non-hydrogen) atoms. The highest BCUT2D eigenvalue weighted by Gasteiger charge is 2.05. The van der Waals surface area contributed by atoms with Crippen LogP contribution in [0.25, 0.3) is 0 Å². The maximum Gasteiger partial charge on any atom is 0.303 e. The van der Waals surface area contributed by atoms with Gasteiger partial charge in [0.15, 0.2) is 0 Å². The van der Waals surface area contributed by atoms with Gasteiger partial charge in [0.1, 0.15) is 5.69 Å². The summed E-state index contributed by atoms with van der Waals surface area (Å²) in [6, 6.07) is 0. The number of amides is 1. The van der Waals surface area contributed by atoms with Crippen LogP contribution in [-0.2, 0) is 4.79 Å². The van der Waals surface area contributed by atoms with Crippen molar-refractivity contribution in [2.75, 3.05) is 6.54 Å². The quantitative estimate of drug-likeness (QED) is 0.593. The van der Waals surface area contributed by atoms with E-state index < -0.39 is 11.9 Å². The Bertz CT molecular complexity index is 435. The average Bonchev–Trinajstić information content (AvgIpc) is 2.29. The Balaban J connectivity index is 2.28. The number of H-pyrrole nitrogens is 1. The van der Waals surface area contributed by atoms with Crippen LogP contribution in [0, 0.1) is 0 Å². The summed E-state index contributed by atoms with van der Waals surface area (Å²) >= 11 is 0. The van der Waals surface area contributed by atoms with Crippen molar-refractivity contribution in [2.24, 2.45) is 0 Å². The Labute approximate surface area is 96.9 Å². The second-order valence-corrected chi connectivity index (χ2v) is 3.40. The van der Waals surface area contributed by atoms with Gasteiger partial charge in [-0.15, -0.1) is 0 Å². The van der Waals surface area contributed by atoms with E-state index in [0.717, 1.165) is 6.20 Å². The molecule has 0 aromatic carbocycles. The molecule has 3 N–H and O–H groups in total.